The number of amides is 2. The van der Waals surface area contributed by atoms with Crippen LogP contribution in [-0.2, 0) is 0 Å². The number of carbonyl (C=O) groups is 2. The van der Waals surface area contributed by atoms with E-state index >= 15 is 0 Å². The van der Waals surface area contributed by atoms with Gasteiger partial charge in [0.25, 0.3) is 11.8 Å². The normalized spacial score (nSPS) is 9.69. The van der Waals surface area contributed by atoms with Gasteiger partial charge in [-0.2, -0.15) is 0 Å². The molecule has 0 spiro atoms. The van der Waals surface area contributed by atoms with E-state index in [2.05, 4.69) is 10.3 Å². The van der Waals surface area contributed by atoms with Crippen molar-refractivity contribution in [1.29, 1.82) is 0 Å². The maximum Gasteiger partial charge on any atom is 0.280 e. The minimum absolute atomic E-state index is 0.170. The van der Waals surface area contributed by atoms with Crippen molar-refractivity contribution in [2.75, 3.05) is 7.05 Å². The molecule has 0 atom stereocenters. The first kappa shape index (κ1) is 9.66. The fraction of sp³-hybridized carbons (Fsp3) is 0.286. The Morgan fingerprint density at radius 1 is 1.54 bits per heavy atom. The summed E-state index contributed by atoms with van der Waals surface area (Å²) in [6.07, 6.45) is 0. The molecule has 5 nitrogen and oxygen atoms in total. The van der Waals surface area contributed by atoms with Gasteiger partial charge in [0.1, 0.15) is 5.69 Å². The van der Waals surface area contributed by atoms with Crippen LogP contribution in [0.15, 0.2) is 0 Å². The van der Waals surface area contributed by atoms with Crippen LogP contribution in [0, 0.1) is 6.92 Å². The third-order valence-electron chi connectivity index (χ3n) is 1.45. The third-order valence-corrected chi connectivity index (χ3v) is 2.42. The zero-order valence-corrected chi connectivity index (χ0v) is 8.07. The van der Waals surface area contributed by atoms with Crippen molar-refractivity contribution in [3.05, 3.63) is 15.6 Å². The smallest absolute Gasteiger partial charge is 0.280 e. The highest BCUT2D eigenvalue weighted by atomic mass is 32.1. The molecule has 0 unspecified atom stereocenters. The van der Waals surface area contributed by atoms with Gasteiger partial charge in [-0.1, -0.05) is 0 Å². The molecule has 0 saturated heterocycles. The van der Waals surface area contributed by atoms with Gasteiger partial charge in [0.2, 0.25) is 0 Å². The number of thiazole rings is 1. The molecule has 0 aliphatic carbocycles. The van der Waals surface area contributed by atoms with Crippen LogP contribution in [0.25, 0.3) is 0 Å². The van der Waals surface area contributed by atoms with E-state index in [9.17, 15) is 9.59 Å². The lowest BCUT2D eigenvalue weighted by Gasteiger charge is -1.90. The van der Waals surface area contributed by atoms with Gasteiger partial charge in [0.15, 0.2) is 5.01 Å². The molecule has 0 fully saturated rings. The zero-order chi connectivity index (χ0) is 10.0. The van der Waals surface area contributed by atoms with Gasteiger partial charge in [-0.3, -0.25) is 9.59 Å². The van der Waals surface area contributed by atoms with E-state index in [-0.39, 0.29) is 16.6 Å². The number of aryl methyl sites for hydroxylation is 1. The molecule has 0 aliphatic rings. The van der Waals surface area contributed by atoms with Crippen molar-refractivity contribution in [3.8, 4) is 0 Å². The summed E-state index contributed by atoms with van der Waals surface area (Å²) < 4.78 is 0. The molecule has 0 aromatic carbocycles. The lowest BCUT2D eigenvalue weighted by atomic mass is 10.4. The Kier molecular flexibility index (Phi) is 2.62. The first-order valence-corrected chi connectivity index (χ1v) is 4.37. The molecule has 0 aliphatic heterocycles. The van der Waals surface area contributed by atoms with E-state index in [0.29, 0.717) is 4.88 Å². The summed E-state index contributed by atoms with van der Waals surface area (Å²) in [6, 6.07) is 0. The molecule has 1 aromatic rings. The summed E-state index contributed by atoms with van der Waals surface area (Å²) >= 11 is 1.15. The van der Waals surface area contributed by atoms with Crippen LogP contribution in [0.5, 0.6) is 0 Å². The number of nitrogens with two attached hydrogens (primary N) is 1. The van der Waals surface area contributed by atoms with Crippen molar-refractivity contribution in [2.24, 2.45) is 5.73 Å². The molecular weight excluding hydrogens is 190 g/mol. The lowest BCUT2D eigenvalue weighted by molar-refractivity contribution is 0.0962. The van der Waals surface area contributed by atoms with Gasteiger partial charge in [-0.05, 0) is 6.92 Å². The number of carbonyl (C=O) groups excluding carboxylic acids is 2. The van der Waals surface area contributed by atoms with Crippen LogP contribution < -0.4 is 11.1 Å². The average molecular weight is 199 g/mol. The SMILES string of the molecule is CNC(=O)c1nc(C(N)=O)c(C)s1. The van der Waals surface area contributed by atoms with E-state index in [1.54, 1.807) is 6.92 Å². The maximum absolute atomic E-state index is 11.1. The topological polar surface area (TPSA) is 85.1 Å². The second-order valence-corrected chi connectivity index (χ2v) is 3.57. The van der Waals surface area contributed by atoms with Gasteiger partial charge < -0.3 is 11.1 Å². The highest BCUT2D eigenvalue weighted by Gasteiger charge is 2.15. The minimum atomic E-state index is -0.607. The van der Waals surface area contributed by atoms with Gasteiger partial charge in [-0.15, -0.1) is 11.3 Å². The molecule has 6 heteroatoms. The first-order chi connectivity index (χ1) is 6.06. The Bertz CT molecular complexity index is 359. The number of hydrogen-bond acceptors (Lipinski definition) is 4. The van der Waals surface area contributed by atoms with Gasteiger partial charge in [0, 0.05) is 11.9 Å². The van der Waals surface area contributed by atoms with Crippen molar-refractivity contribution in [3.63, 3.8) is 0 Å². The summed E-state index contributed by atoms with van der Waals surface area (Å²) in [7, 11) is 1.50. The van der Waals surface area contributed by atoms with Crippen molar-refractivity contribution in [1.82, 2.24) is 10.3 Å². The first-order valence-electron chi connectivity index (χ1n) is 3.55. The molecule has 0 radical (unpaired) electrons. The molecule has 0 bridgehead atoms. The standard InChI is InChI=1S/C7H9N3O2S/c1-3-4(5(8)11)10-7(13-3)6(12)9-2/h1-2H3,(H2,8,11)(H,9,12). The molecule has 13 heavy (non-hydrogen) atoms. The molecule has 1 rings (SSSR count). The van der Waals surface area contributed by atoms with Crippen molar-refractivity contribution in [2.45, 2.75) is 6.92 Å². The largest absolute Gasteiger partial charge is 0.364 e. The fourth-order valence-corrected chi connectivity index (χ4v) is 1.69. The molecule has 3 N–H and O–H groups in total. The third kappa shape index (κ3) is 1.83. The van der Waals surface area contributed by atoms with E-state index in [1.165, 1.54) is 7.05 Å². The number of aromatic nitrogens is 1. The van der Waals surface area contributed by atoms with Gasteiger partial charge in [0.05, 0.1) is 0 Å². The number of nitrogens with one attached hydrogen (secondary N) is 1. The van der Waals surface area contributed by atoms with Crippen LogP contribution in [0.2, 0.25) is 0 Å². The molecule has 1 aromatic heterocycles. The Hall–Kier alpha value is -1.43. The zero-order valence-electron chi connectivity index (χ0n) is 7.25. The Labute approximate surface area is 79.0 Å². The molecular formula is C7H9N3O2S. The highest BCUT2D eigenvalue weighted by Crippen LogP contribution is 2.16. The number of nitrogens with zero attached hydrogens (tertiary/aromatic N) is 1. The van der Waals surface area contributed by atoms with Gasteiger partial charge >= 0.3 is 0 Å². The van der Waals surface area contributed by atoms with E-state index in [0.717, 1.165) is 11.3 Å². The molecule has 70 valence electrons. The summed E-state index contributed by atoms with van der Waals surface area (Å²) in [6.45, 7) is 1.70. The summed E-state index contributed by atoms with van der Waals surface area (Å²) in [5.74, 6) is -0.912. The predicted molar refractivity (Wildman–Crippen MR) is 48.8 cm³/mol. The van der Waals surface area contributed by atoms with Crippen LogP contribution in [0.4, 0.5) is 0 Å². The molecule has 2 amide bonds. The summed E-state index contributed by atoms with van der Waals surface area (Å²) in [5.41, 5.74) is 5.21. The second-order valence-electron chi connectivity index (χ2n) is 2.37. The highest BCUT2D eigenvalue weighted by molar-refractivity contribution is 7.13. The Balaban J connectivity index is 3.09. The number of hydrogen-bond donors (Lipinski definition) is 2. The Morgan fingerprint density at radius 3 is 2.54 bits per heavy atom. The monoisotopic (exact) mass is 199 g/mol. The van der Waals surface area contributed by atoms with Gasteiger partial charge in [-0.25, -0.2) is 4.98 Å². The predicted octanol–water partition coefficient (Wildman–Crippen LogP) is -0.0900. The lowest BCUT2D eigenvalue weighted by Crippen LogP contribution is -2.18. The summed E-state index contributed by atoms with van der Waals surface area (Å²) in [5, 5.41) is 2.68. The average Bonchev–Trinajstić information content (AvgIpc) is 2.46. The minimum Gasteiger partial charge on any atom is -0.364 e. The van der Waals surface area contributed by atoms with Crippen molar-refractivity contribution < 1.29 is 9.59 Å². The van der Waals surface area contributed by atoms with Crippen LogP contribution in [0.3, 0.4) is 0 Å². The van der Waals surface area contributed by atoms with E-state index in [4.69, 9.17) is 5.73 Å². The Morgan fingerprint density at radius 2 is 2.15 bits per heavy atom. The number of rotatable bonds is 2. The van der Waals surface area contributed by atoms with Crippen LogP contribution in [-0.4, -0.2) is 23.8 Å². The van der Waals surface area contributed by atoms with E-state index in [1.807, 2.05) is 0 Å². The van der Waals surface area contributed by atoms with Crippen molar-refractivity contribution >= 4 is 23.2 Å². The van der Waals surface area contributed by atoms with E-state index < -0.39 is 5.91 Å². The number of primary amides is 1. The van der Waals surface area contributed by atoms with Crippen LogP contribution in [0.1, 0.15) is 25.2 Å². The second kappa shape index (κ2) is 3.53. The van der Waals surface area contributed by atoms with Crippen LogP contribution >= 0.6 is 11.3 Å². The maximum atomic E-state index is 11.1. The quantitative estimate of drug-likeness (QED) is 0.698. The fourth-order valence-electron chi connectivity index (χ4n) is 0.829. The summed E-state index contributed by atoms with van der Waals surface area (Å²) in [4.78, 5) is 26.3. The molecule has 1 heterocycles. The molecule has 0 saturated carbocycles.